The van der Waals surface area contributed by atoms with Crippen LogP contribution >= 0.6 is 23.2 Å². The number of amides is 2. The molecule has 232 valence electrons. The Morgan fingerprint density at radius 2 is 1.56 bits per heavy atom. The van der Waals surface area contributed by atoms with E-state index in [-0.39, 0.29) is 41.2 Å². The monoisotopic (exact) mass is 649 g/mol. The number of hydrogen-bond acceptors (Lipinski definition) is 6. The van der Waals surface area contributed by atoms with Gasteiger partial charge in [0.2, 0.25) is 11.8 Å². The first kappa shape index (κ1) is 34.0. The van der Waals surface area contributed by atoms with Crippen molar-refractivity contribution in [3.8, 4) is 11.5 Å². The maximum absolute atomic E-state index is 14.2. The smallest absolute Gasteiger partial charge is 0.264 e. The Bertz CT molecular complexity index is 1550. The van der Waals surface area contributed by atoms with Crippen molar-refractivity contribution >= 4 is 50.7 Å². The van der Waals surface area contributed by atoms with Crippen LogP contribution in [0.25, 0.3) is 0 Å². The van der Waals surface area contributed by atoms with Gasteiger partial charge in [-0.15, -0.1) is 0 Å². The van der Waals surface area contributed by atoms with Gasteiger partial charge in [-0.2, -0.15) is 0 Å². The molecule has 43 heavy (non-hydrogen) atoms. The lowest BCUT2D eigenvalue weighted by atomic mass is 10.1. The highest BCUT2D eigenvalue weighted by Gasteiger charge is 2.34. The molecule has 1 N–H and O–H groups in total. The van der Waals surface area contributed by atoms with E-state index in [4.69, 9.17) is 32.7 Å². The summed E-state index contributed by atoms with van der Waals surface area (Å²) in [5.74, 6) is -0.276. The topological polar surface area (TPSA) is 105 Å². The number of hydrogen-bond donors (Lipinski definition) is 1. The van der Waals surface area contributed by atoms with E-state index in [2.05, 4.69) is 5.32 Å². The van der Waals surface area contributed by atoms with Crippen LogP contribution in [0, 0.1) is 6.92 Å². The van der Waals surface area contributed by atoms with Crippen molar-refractivity contribution in [3.05, 3.63) is 81.8 Å². The molecule has 0 fully saturated rings. The number of rotatable bonds is 13. The van der Waals surface area contributed by atoms with Crippen LogP contribution < -0.4 is 19.1 Å². The van der Waals surface area contributed by atoms with Gasteiger partial charge in [0.15, 0.2) is 11.5 Å². The molecule has 0 aliphatic carbocycles. The molecule has 3 aromatic rings. The van der Waals surface area contributed by atoms with E-state index >= 15 is 0 Å². The van der Waals surface area contributed by atoms with Gasteiger partial charge in [-0.05, 0) is 69.2 Å². The molecule has 2 amide bonds. The molecule has 0 radical (unpaired) electrons. The molecular weight excluding hydrogens is 613 g/mol. The molecule has 12 heteroatoms. The van der Waals surface area contributed by atoms with Gasteiger partial charge in [0.25, 0.3) is 10.0 Å². The summed E-state index contributed by atoms with van der Waals surface area (Å²) >= 11 is 12.4. The number of halogens is 2. The highest BCUT2D eigenvalue weighted by atomic mass is 35.5. The van der Waals surface area contributed by atoms with Crippen molar-refractivity contribution in [2.75, 3.05) is 25.1 Å². The minimum Gasteiger partial charge on any atom is -0.493 e. The first-order chi connectivity index (χ1) is 20.3. The van der Waals surface area contributed by atoms with Gasteiger partial charge in [-0.25, -0.2) is 8.42 Å². The molecule has 0 saturated carbocycles. The van der Waals surface area contributed by atoms with Crippen molar-refractivity contribution in [2.24, 2.45) is 0 Å². The van der Waals surface area contributed by atoms with Crippen LogP contribution in [0.15, 0.2) is 65.6 Å². The molecule has 0 aliphatic rings. The molecule has 3 rings (SSSR count). The van der Waals surface area contributed by atoms with Gasteiger partial charge in [0.1, 0.15) is 12.6 Å². The minimum atomic E-state index is -4.25. The van der Waals surface area contributed by atoms with Crippen LogP contribution in [0.1, 0.15) is 38.3 Å². The third kappa shape index (κ3) is 8.34. The standard InChI is InChI=1S/C31H37Cl2N3O6S/c1-7-27(31(38)34-20(2)3)35(18-22-10-14-25(32)26(33)16-22)30(37)19-36(23-11-15-28(41-5)29(17-23)42-6)43(39,40)24-12-8-21(4)9-13-24/h8-17,20,27H,7,18-19H2,1-6H3,(H,34,38)/t27-/m0/s1. The first-order valence-corrected chi connectivity index (χ1v) is 15.9. The predicted molar refractivity (Wildman–Crippen MR) is 170 cm³/mol. The molecular formula is C31H37Cl2N3O6S. The molecule has 3 aromatic carbocycles. The van der Waals surface area contributed by atoms with Gasteiger partial charge in [0, 0.05) is 18.7 Å². The SMILES string of the molecule is CC[C@@H](C(=O)NC(C)C)N(Cc1ccc(Cl)c(Cl)c1)C(=O)CN(c1ccc(OC)c(OC)c1)S(=O)(=O)c1ccc(C)cc1. The Kier molecular flexibility index (Phi) is 11.7. The molecule has 9 nitrogen and oxygen atoms in total. The van der Waals surface area contributed by atoms with E-state index in [1.807, 2.05) is 20.8 Å². The van der Waals surface area contributed by atoms with Crippen LogP contribution in [-0.2, 0) is 26.2 Å². The molecule has 0 spiro atoms. The van der Waals surface area contributed by atoms with E-state index in [0.29, 0.717) is 21.4 Å². The fourth-order valence-electron chi connectivity index (χ4n) is 4.48. The fourth-order valence-corrected chi connectivity index (χ4v) is 6.21. The molecule has 0 saturated heterocycles. The zero-order valence-electron chi connectivity index (χ0n) is 25.1. The Morgan fingerprint density at radius 1 is 0.907 bits per heavy atom. The Morgan fingerprint density at radius 3 is 2.12 bits per heavy atom. The van der Waals surface area contributed by atoms with Crippen LogP contribution in [0.4, 0.5) is 5.69 Å². The van der Waals surface area contributed by atoms with Crippen molar-refractivity contribution < 1.29 is 27.5 Å². The largest absolute Gasteiger partial charge is 0.493 e. The normalized spacial score (nSPS) is 12.0. The second-order valence-corrected chi connectivity index (χ2v) is 12.9. The lowest BCUT2D eigenvalue weighted by Gasteiger charge is -2.33. The fraction of sp³-hybridized carbons (Fsp3) is 0.355. The first-order valence-electron chi connectivity index (χ1n) is 13.7. The molecule has 0 bridgehead atoms. The molecule has 0 aromatic heterocycles. The molecule has 1 atom stereocenters. The number of methoxy groups -OCH3 is 2. The zero-order valence-corrected chi connectivity index (χ0v) is 27.4. The van der Waals surface area contributed by atoms with Crippen LogP contribution in [-0.4, -0.2) is 58.0 Å². The maximum atomic E-state index is 14.2. The zero-order chi connectivity index (χ0) is 31.9. The van der Waals surface area contributed by atoms with Gasteiger partial charge in [-0.3, -0.25) is 13.9 Å². The summed E-state index contributed by atoms with van der Waals surface area (Å²) in [5.41, 5.74) is 1.68. The van der Waals surface area contributed by atoms with Crippen molar-refractivity contribution in [1.29, 1.82) is 0 Å². The lowest BCUT2D eigenvalue weighted by molar-refractivity contribution is -0.140. The third-order valence-electron chi connectivity index (χ3n) is 6.70. The summed E-state index contributed by atoms with van der Waals surface area (Å²) < 4.78 is 39.9. The van der Waals surface area contributed by atoms with Crippen LogP contribution in [0.5, 0.6) is 11.5 Å². The molecule has 0 aliphatic heterocycles. The summed E-state index contributed by atoms with van der Waals surface area (Å²) in [6.07, 6.45) is 0.284. The number of carbonyl (C=O) groups is 2. The minimum absolute atomic E-state index is 0.00121. The van der Waals surface area contributed by atoms with E-state index in [9.17, 15) is 18.0 Å². The second-order valence-electron chi connectivity index (χ2n) is 10.2. The summed E-state index contributed by atoms with van der Waals surface area (Å²) in [5, 5.41) is 3.50. The van der Waals surface area contributed by atoms with Crippen molar-refractivity contribution in [3.63, 3.8) is 0 Å². The molecule has 0 unspecified atom stereocenters. The van der Waals surface area contributed by atoms with E-state index < -0.39 is 28.5 Å². The van der Waals surface area contributed by atoms with Crippen LogP contribution in [0.3, 0.4) is 0 Å². The number of nitrogens with one attached hydrogen (secondary N) is 1. The van der Waals surface area contributed by atoms with Gasteiger partial charge in [0.05, 0.1) is 34.8 Å². The van der Waals surface area contributed by atoms with Gasteiger partial charge in [-0.1, -0.05) is 53.9 Å². The average molecular weight is 651 g/mol. The van der Waals surface area contributed by atoms with Gasteiger partial charge < -0.3 is 19.7 Å². The third-order valence-corrected chi connectivity index (χ3v) is 9.22. The number of anilines is 1. The van der Waals surface area contributed by atoms with Crippen molar-refractivity contribution in [2.45, 2.75) is 57.6 Å². The highest BCUT2D eigenvalue weighted by molar-refractivity contribution is 7.92. The number of carbonyl (C=O) groups excluding carboxylic acids is 2. The second kappa shape index (κ2) is 14.8. The van der Waals surface area contributed by atoms with Crippen LogP contribution in [0.2, 0.25) is 10.0 Å². The van der Waals surface area contributed by atoms with E-state index in [1.54, 1.807) is 43.3 Å². The number of benzene rings is 3. The predicted octanol–water partition coefficient (Wildman–Crippen LogP) is 5.85. The summed E-state index contributed by atoms with van der Waals surface area (Å²) in [7, 11) is -1.35. The highest BCUT2D eigenvalue weighted by Crippen LogP contribution is 2.34. The number of ether oxygens (including phenoxy) is 2. The number of nitrogens with zero attached hydrogens (tertiary/aromatic N) is 2. The van der Waals surface area contributed by atoms with Crippen molar-refractivity contribution in [1.82, 2.24) is 10.2 Å². The summed E-state index contributed by atoms with van der Waals surface area (Å²) in [6.45, 7) is 6.67. The summed E-state index contributed by atoms with van der Waals surface area (Å²) in [4.78, 5) is 28.9. The Labute approximate surface area is 263 Å². The number of sulfonamides is 1. The Balaban J connectivity index is 2.13. The number of aryl methyl sites for hydroxylation is 1. The lowest BCUT2D eigenvalue weighted by Crippen LogP contribution is -2.53. The van der Waals surface area contributed by atoms with E-state index in [0.717, 1.165) is 9.87 Å². The maximum Gasteiger partial charge on any atom is 0.264 e. The quantitative estimate of drug-likeness (QED) is 0.249. The van der Waals surface area contributed by atoms with E-state index in [1.165, 1.54) is 43.4 Å². The van der Waals surface area contributed by atoms with Gasteiger partial charge >= 0.3 is 0 Å². The Hall–Kier alpha value is -3.47. The molecule has 0 heterocycles. The summed E-state index contributed by atoms with van der Waals surface area (Å²) in [6, 6.07) is 14.8. The average Bonchev–Trinajstić information content (AvgIpc) is 2.96.